The van der Waals surface area contributed by atoms with Crippen LogP contribution in [0.25, 0.3) is 0 Å². The molecule has 0 saturated heterocycles. The van der Waals surface area contributed by atoms with Crippen LogP contribution in [-0.2, 0) is 6.42 Å². The highest BCUT2D eigenvalue weighted by Gasteiger charge is 2.16. The molecule has 0 saturated carbocycles. The van der Waals surface area contributed by atoms with Gasteiger partial charge in [-0.25, -0.2) is 8.78 Å². The van der Waals surface area contributed by atoms with Crippen LogP contribution in [0.4, 0.5) is 8.78 Å². The molecule has 14 heavy (non-hydrogen) atoms. The van der Waals surface area contributed by atoms with Crippen molar-refractivity contribution < 1.29 is 13.9 Å². The number of hydrogen-bond acceptors (Lipinski definition) is 2. The van der Waals surface area contributed by atoms with Crippen molar-refractivity contribution in [3.05, 3.63) is 29.3 Å². The Hall–Kier alpha value is -1.16. The summed E-state index contributed by atoms with van der Waals surface area (Å²) in [6, 6.07) is 1.73. The average Bonchev–Trinajstić information content (AvgIpc) is 1.97. The lowest BCUT2D eigenvalue weighted by molar-refractivity contribution is 0.421. The van der Waals surface area contributed by atoms with Crippen LogP contribution in [0.2, 0.25) is 0 Å². The van der Waals surface area contributed by atoms with Gasteiger partial charge >= 0.3 is 0 Å². The Bertz CT molecular complexity index is 345. The second-order valence-corrected chi connectivity index (χ2v) is 4.06. The number of nitrogens with two attached hydrogens (primary N) is 1. The molecule has 0 bridgehead atoms. The highest BCUT2D eigenvalue weighted by Crippen LogP contribution is 2.22. The number of phenolic OH excluding ortho intramolecular Hbond substituents is 1. The van der Waals surface area contributed by atoms with E-state index in [1.54, 1.807) is 13.8 Å². The zero-order chi connectivity index (χ0) is 10.9. The fourth-order valence-electron chi connectivity index (χ4n) is 1.20. The van der Waals surface area contributed by atoms with Crippen LogP contribution in [0.3, 0.4) is 0 Å². The summed E-state index contributed by atoms with van der Waals surface area (Å²) < 4.78 is 26.1. The van der Waals surface area contributed by atoms with Crippen LogP contribution >= 0.6 is 0 Å². The largest absolute Gasteiger partial charge is 0.505 e. The smallest absolute Gasteiger partial charge is 0.165 e. The summed E-state index contributed by atoms with van der Waals surface area (Å²) >= 11 is 0. The molecule has 0 spiro atoms. The van der Waals surface area contributed by atoms with Crippen molar-refractivity contribution in [3.8, 4) is 5.75 Å². The van der Waals surface area contributed by atoms with Crippen LogP contribution in [0, 0.1) is 11.6 Å². The van der Waals surface area contributed by atoms with Gasteiger partial charge in [0.2, 0.25) is 0 Å². The Kier molecular flexibility index (Phi) is 2.76. The highest BCUT2D eigenvalue weighted by molar-refractivity contribution is 5.30. The third-order valence-electron chi connectivity index (χ3n) is 1.76. The molecular weight excluding hydrogens is 188 g/mol. The van der Waals surface area contributed by atoms with E-state index in [1.165, 1.54) is 0 Å². The van der Waals surface area contributed by atoms with Gasteiger partial charge in [-0.2, -0.15) is 0 Å². The maximum absolute atomic E-state index is 13.2. The number of hydrogen-bond donors (Lipinski definition) is 2. The van der Waals surface area contributed by atoms with Gasteiger partial charge in [-0.05, 0) is 31.9 Å². The van der Waals surface area contributed by atoms with E-state index in [0.29, 0.717) is 0 Å². The highest BCUT2D eigenvalue weighted by atomic mass is 19.1. The van der Waals surface area contributed by atoms with E-state index >= 15 is 0 Å². The molecule has 1 aromatic rings. The van der Waals surface area contributed by atoms with E-state index in [1.807, 2.05) is 0 Å². The van der Waals surface area contributed by atoms with Crippen LogP contribution in [0.1, 0.15) is 19.4 Å². The standard InChI is InChI=1S/C10H13F2NO/c1-10(2,13)5-6-3-8(12)9(14)4-7(6)11/h3-4,14H,5,13H2,1-2H3. The summed E-state index contributed by atoms with van der Waals surface area (Å²) in [6.45, 7) is 3.44. The fourth-order valence-corrected chi connectivity index (χ4v) is 1.20. The van der Waals surface area contributed by atoms with Crippen molar-refractivity contribution in [2.45, 2.75) is 25.8 Å². The van der Waals surface area contributed by atoms with Gasteiger partial charge in [0, 0.05) is 11.6 Å². The molecule has 1 rings (SSSR count). The second-order valence-electron chi connectivity index (χ2n) is 4.06. The van der Waals surface area contributed by atoms with Gasteiger partial charge < -0.3 is 10.8 Å². The zero-order valence-corrected chi connectivity index (χ0v) is 8.14. The molecule has 78 valence electrons. The molecule has 2 nitrogen and oxygen atoms in total. The van der Waals surface area contributed by atoms with Crippen molar-refractivity contribution in [3.63, 3.8) is 0 Å². The molecule has 0 heterocycles. The van der Waals surface area contributed by atoms with Gasteiger partial charge in [0.05, 0.1) is 0 Å². The molecule has 1 aromatic carbocycles. The Labute approximate surface area is 81.4 Å². The summed E-state index contributed by atoms with van der Waals surface area (Å²) in [5, 5.41) is 8.88. The lowest BCUT2D eigenvalue weighted by atomic mass is 9.96. The van der Waals surface area contributed by atoms with Crippen LogP contribution < -0.4 is 5.73 Å². The summed E-state index contributed by atoms with van der Waals surface area (Å²) in [7, 11) is 0. The molecule has 0 aliphatic rings. The summed E-state index contributed by atoms with van der Waals surface area (Å²) in [5.74, 6) is -2.14. The van der Waals surface area contributed by atoms with Crippen LogP contribution in [0.5, 0.6) is 5.75 Å². The minimum atomic E-state index is -0.828. The lowest BCUT2D eigenvalue weighted by Crippen LogP contribution is -2.34. The van der Waals surface area contributed by atoms with E-state index in [4.69, 9.17) is 10.8 Å². The number of phenols is 1. The summed E-state index contributed by atoms with van der Waals surface area (Å²) in [6.07, 6.45) is 0.218. The van der Waals surface area contributed by atoms with Crippen molar-refractivity contribution in [2.75, 3.05) is 0 Å². The first-order chi connectivity index (χ1) is 6.29. The normalized spacial score (nSPS) is 11.8. The van der Waals surface area contributed by atoms with E-state index < -0.39 is 22.9 Å². The molecule has 4 heteroatoms. The first kappa shape index (κ1) is 10.9. The molecule has 0 atom stereocenters. The topological polar surface area (TPSA) is 46.2 Å². The molecule has 0 amide bonds. The van der Waals surface area contributed by atoms with Crippen molar-refractivity contribution >= 4 is 0 Å². The quantitative estimate of drug-likeness (QED) is 0.768. The predicted molar refractivity (Wildman–Crippen MR) is 50.0 cm³/mol. The molecule has 0 unspecified atom stereocenters. The summed E-state index contributed by atoms with van der Waals surface area (Å²) in [4.78, 5) is 0. The summed E-state index contributed by atoms with van der Waals surface area (Å²) in [5.41, 5.74) is 5.24. The van der Waals surface area contributed by atoms with E-state index in [2.05, 4.69) is 0 Å². The van der Waals surface area contributed by atoms with E-state index in [0.717, 1.165) is 12.1 Å². The molecule has 3 N–H and O–H groups in total. The third-order valence-corrected chi connectivity index (χ3v) is 1.76. The predicted octanol–water partition coefficient (Wildman–Crippen LogP) is 1.95. The molecule has 0 aromatic heterocycles. The first-order valence-electron chi connectivity index (χ1n) is 4.25. The van der Waals surface area contributed by atoms with Gasteiger partial charge in [0.1, 0.15) is 5.82 Å². The minimum Gasteiger partial charge on any atom is -0.505 e. The maximum atomic E-state index is 13.2. The number of benzene rings is 1. The zero-order valence-electron chi connectivity index (χ0n) is 8.14. The van der Waals surface area contributed by atoms with E-state index in [9.17, 15) is 8.78 Å². The monoisotopic (exact) mass is 201 g/mol. The molecular formula is C10H13F2NO. The number of aromatic hydroxyl groups is 1. The number of halogens is 2. The van der Waals surface area contributed by atoms with Gasteiger partial charge in [0.25, 0.3) is 0 Å². The van der Waals surface area contributed by atoms with Gasteiger partial charge in [-0.1, -0.05) is 0 Å². The first-order valence-corrected chi connectivity index (χ1v) is 4.25. The SMILES string of the molecule is CC(C)(N)Cc1cc(F)c(O)cc1F. The molecule has 0 aliphatic carbocycles. The third kappa shape index (κ3) is 2.67. The van der Waals surface area contributed by atoms with Crippen LogP contribution in [0.15, 0.2) is 12.1 Å². The van der Waals surface area contributed by atoms with Gasteiger partial charge in [0.15, 0.2) is 11.6 Å². The van der Waals surface area contributed by atoms with Crippen LogP contribution in [-0.4, -0.2) is 10.6 Å². The molecule has 0 fully saturated rings. The Morgan fingerprint density at radius 3 is 2.36 bits per heavy atom. The van der Waals surface area contributed by atoms with Gasteiger partial charge in [-0.3, -0.25) is 0 Å². The number of rotatable bonds is 2. The van der Waals surface area contributed by atoms with E-state index in [-0.39, 0.29) is 12.0 Å². The Morgan fingerprint density at radius 1 is 1.29 bits per heavy atom. The maximum Gasteiger partial charge on any atom is 0.165 e. The van der Waals surface area contributed by atoms with Crippen molar-refractivity contribution in [1.29, 1.82) is 0 Å². The van der Waals surface area contributed by atoms with Crippen molar-refractivity contribution in [2.24, 2.45) is 5.73 Å². The van der Waals surface area contributed by atoms with Crippen molar-refractivity contribution in [1.82, 2.24) is 0 Å². The fraction of sp³-hybridized carbons (Fsp3) is 0.400. The Balaban J connectivity index is 3.04. The lowest BCUT2D eigenvalue weighted by Gasteiger charge is -2.18. The molecule has 0 radical (unpaired) electrons. The Morgan fingerprint density at radius 2 is 1.86 bits per heavy atom. The average molecular weight is 201 g/mol. The molecule has 0 aliphatic heterocycles. The second kappa shape index (κ2) is 3.53. The van der Waals surface area contributed by atoms with Gasteiger partial charge in [-0.15, -0.1) is 0 Å². The minimum absolute atomic E-state index is 0.174.